The van der Waals surface area contributed by atoms with Crippen molar-refractivity contribution in [2.45, 2.75) is 40.9 Å². The van der Waals surface area contributed by atoms with Crippen LogP contribution in [-0.2, 0) is 21.8 Å². The van der Waals surface area contributed by atoms with Crippen LogP contribution in [0.2, 0.25) is 7.75 Å². The van der Waals surface area contributed by atoms with Gasteiger partial charge < -0.3 is 24.8 Å². The monoisotopic (exact) mass is 411 g/mol. The molecular formula is C19H23Cl2Zr. The van der Waals surface area contributed by atoms with Crippen LogP contribution in [0.25, 0.3) is 6.08 Å². The largest absolute Gasteiger partial charge is 1.00 e. The Morgan fingerprint density at radius 2 is 1.77 bits per heavy atom. The van der Waals surface area contributed by atoms with Crippen LogP contribution >= 0.6 is 0 Å². The minimum Gasteiger partial charge on any atom is -1.00 e. The summed E-state index contributed by atoms with van der Waals surface area (Å²) in [5.41, 5.74) is 4.44. The van der Waals surface area contributed by atoms with Crippen LogP contribution in [0, 0.1) is 6.92 Å². The fourth-order valence-electron chi connectivity index (χ4n) is 3.48. The van der Waals surface area contributed by atoms with E-state index in [1.165, 1.54) is 21.7 Å². The summed E-state index contributed by atoms with van der Waals surface area (Å²) >= 11 is -1.57. The molecule has 3 rings (SSSR count). The Kier molecular flexibility index (Phi) is 7.86. The van der Waals surface area contributed by atoms with Gasteiger partial charge in [-0.25, -0.2) is 0 Å². The van der Waals surface area contributed by atoms with Gasteiger partial charge in [0.2, 0.25) is 0 Å². The summed E-state index contributed by atoms with van der Waals surface area (Å²) in [5.74, 6) is 0.661. The normalized spacial score (nSPS) is 18.5. The van der Waals surface area contributed by atoms with E-state index in [1.54, 1.807) is 5.56 Å². The molecule has 0 saturated heterocycles. The number of hydrogen-bond acceptors (Lipinski definition) is 0. The van der Waals surface area contributed by atoms with E-state index < -0.39 is 21.8 Å². The molecule has 2 aliphatic carbocycles. The first kappa shape index (κ1) is 19.9. The molecule has 1 aromatic rings. The third-order valence-electron chi connectivity index (χ3n) is 4.53. The maximum atomic E-state index is 2.55. The van der Waals surface area contributed by atoms with Gasteiger partial charge in [0.1, 0.15) is 0 Å². The zero-order valence-electron chi connectivity index (χ0n) is 13.4. The Labute approximate surface area is 155 Å². The van der Waals surface area contributed by atoms with E-state index in [0.29, 0.717) is 5.92 Å². The second-order valence-corrected chi connectivity index (χ2v) is 12.9. The number of aryl methyl sites for hydroxylation is 1. The van der Waals surface area contributed by atoms with Crippen LogP contribution in [0.15, 0.2) is 45.8 Å². The fraction of sp³-hybridized carbons (Fsp3) is 0.368. The second-order valence-electron chi connectivity index (χ2n) is 6.02. The van der Waals surface area contributed by atoms with Crippen LogP contribution in [0.4, 0.5) is 0 Å². The molecule has 0 heterocycles. The first-order valence-electron chi connectivity index (χ1n) is 7.74. The molecule has 0 aromatic heterocycles. The zero-order valence-corrected chi connectivity index (χ0v) is 17.4. The number of rotatable bonds is 4. The molecule has 3 heteroatoms. The maximum Gasteiger partial charge on any atom is -1.00 e. The molecule has 0 amide bonds. The number of allylic oxidation sites excluding steroid dienone is 5. The summed E-state index contributed by atoms with van der Waals surface area (Å²) in [6.45, 7) is 6.97. The van der Waals surface area contributed by atoms with Crippen molar-refractivity contribution in [3.63, 3.8) is 0 Å². The van der Waals surface area contributed by atoms with Gasteiger partial charge in [0.25, 0.3) is 0 Å². The van der Waals surface area contributed by atoms with Gasteiger partial charge >= 0.3 is 131 Å². The molecule has 0 N–H and O–H groups in total. The average Bonchev–Trinajstić information content (AvgIpc) is 3.05. The predicted octanol–water partition coefficient (Wildman–Crippen LogP) is -0.178. The number of fused-ring (bicyclic) bond motifs is 1. The molecular weight excluding hydrogens is 390 g/mol. The van der Waals surface area contributed by atoms with Gasteiger partial charge in [-0.1, -0.05) is 0 Å². The van der Waals surface area contributed by atoms with Gasteiger partial charge in [-0.05, 0) is 0 Å². The van der Waals surface area contributed by atoms with E-state index in [1.807, 2.05) is 3.28 Å². The van der Waals surface area contributed by atoms with E-state index >= 15 is 0 Å². The Hall–Kier alpha value is -0.0969. The topological polar surface area (TPSA) is 0 Å². The molecule has 0 nitrogen and oxygen atoms in total. The van der Waals surface area contributed by atoms with E-state index in [0.717, 1.165) is 3.63 Å². The summed E-state index contributed by atoms with van der Waals surface area (Å²) in [6, 6.07) is 6.99. The van der Waals surface area contributed by atoms with Crippen molar-refractivity contribution >= 4 is 6.08 Å². The van der Waals surface area contributed by atoms with Crippen molar-refractivity contribution in [1.29, 1.82) is 0 Å². The summed E-state index contributed by atoms with van der Waals surface area (Å²) in [6.07, 6.45) is 13.3. The molecule has 0 saturated carbocycles. The minimum atomic E-state index is -1.57. The minimum absolute atomic E-state index is 0. The van der Waals surface area contributed by atoms with Crippen molar-refractivity contribution in [3.05, 3.63) is 62.5 Å². The van der Waals surface area contributed by atoms with Crippen LogP contribution in [0.1, 0.15) is 42.9 Å². The second kappa shape index (κ2) is 8.67. The van der Waals surface area contributed by atoms with E-state index in [4.69, 9.17) is 0 Å². The van der Waals surface area contributed by atoms with Crippen molar-refractivity contribution < 1.29 is 46.6 Å². The molecule has 0 aliphatic heterocycles. The number of hydrogen-bond donors (Lipinski definition) is 0. The molecule has 1 atom stereocenters. The molecule has 0 fully saturated rings. The van der Waals surface area contributed by atoms with Crippen LogP contribution in [0.5, 0.6) is 0 Å². The fourth-order valence-corrected chi connectivity index (χ4v) is 11.6. The van der Waals surface area contributed by atoms with Crippen molar-refractivity contribution in [1.82, 2.24) is 0 Å². The standard InChI is InChI=1S/C11H11.C5H5.C3H7.2ClH.Zr/c1-8-3-6-11-9(2)4-5-10(11)7-8;1-2-4-5-3-1;1-3-2;;;/h3,5-7,9H,1-2H3;1-5H;1,3H2,2H3;2*1H;/q;;;;;+2/p-2. The predicted molar refractivity (Wildman–Crippen MR) is 84.7 cm³/mol. The molecule has 1 aromatic carbocycles. The smallest absolute Gasteiger partial charge is 1.00 e. The SMILES string of the molecule is CC[CH2][Zr+2]([C]1=Cc2cc(C)ccc2C1C)[CH]1C=CC=C1.[Cl-].[Cl-]. The van der Waals surface area contributed by atoms with Gasteiger partial charge in [-0.2, -0.15) is 0 Å². The molecule has 1 unspecified atom stereocenters. The van der Waals surface area contributed by atoms with Gasteiger partial charge in [0.15, 0.2) is 0 Å². The van der Waals surface area contributed by atoms with Crippen LogP contribution < -0.4 is 24.8 Å². The van der Waals surface area contributed by atoms with Gasteiger partial charge in [0.05, 0.1) is 0 Å². The first-order chi connectivity index (χ1) is 9.70. The third-order valence-corrected chi connectivity index (χ3v) is 13.2. The van der Waals surface area contributed by atoms with Crippen molar-refractivity contribution in [2.75, 3.05) is 0 Å². The Balaban J connectivity index is 0.00000121. The van der Waals surface area contributed by atoms with E-state index in [9.17, 15) is 0 Å². The van der Waals surface area contributed by atoms with Gasteiger partial charge in [0, 0.05) is 0 Å². The molecule has 0 bridgehead atoms. The molecule has 2 aliphatic rings. The Morgan fingerprint density at radius 1 is 1.09 bits per heavy atom. The quantitative estimate of drug-likeness (QED) is 0.643. The van der Waals surface area contributed by atoms with Crippen LogP contribution in [-0.4, -0.2) is 0 Å². The van der Waals surface area contributed by atoms with Crippen molar-refractivity contribution in [3.8, 4) is 0 Å². The zero-order chi connectivity index (χ0) is 14.1. The summed E-state index contributed by atoms with van der Waals surface area (Å²) in [4.78, 5) is 0. The summed E-state index contributed by atoms with van der Waals surface area (Å²) in [5, 5.41) is 0. The Morgan fingerprint density at radius 3 is 2.41 bits per heavy atom. The molecule has 0 radical (unpaired) electrons. The molecule has 0 spiro atoms. The van der Waals surface area contributed by atoms with Crippen LogP contribution in [0.3, 0.4) is 0 Å². The third kappa shape index (κ3) is 3.86. The van der Waals surface area contributed by atoms with Gasteiger partial charge in [-0.3, -0.25) is 0 Å². The van der Waals surface area contributed by atoms with Gasteiger partial charge in [-0.15, -0.1) is 0 Å². The maximum absolute atomic E-state index is 2.55. The van der Waals surface area contributed by atoms with E-state index in [-0.39, 0.29) is 24.8 Å². The first-order valence-corrected chi connectivity index (χ1v) is 12.1. The average molecular weight is 414 g/mol. The summed E-state index contributed by atoms with van der Waals surface area (Å²) < 4.78 is 4.10. The molecule has 117 valence electrons. The van der Waals surface area contributed by atoms with E-state index in [2.05, 4.69) is 69.4 Å². The molecule has 22 heavy (non-hydrogen) atoms. The summed E-state index contributed by atoms with van der Waals surface area (Å²) in [7, 11) is 0. The Bertz CT molecular complexity index is 589. The number of benzene rings is 1. The number of halogens is 2. The van der Waals surface area contributed by atoms with Crippen molar-refractivity contribution in [2.24, 2.45) is 0 Å².